The Hall–Kier alpha value is -2.77. The van der Waals surface area contributed by atoms with Crippen molar-refractivity contribution in [1.82, 2.24) is 14.9 Å². The summed E-state index contributed by atoms with van der Waals surface area (Å²) in [6, 6.07) is 16.1. The van der Waals surface area contributed by atoms with Gasteiger partial charge in [0.2, 0.25) is 0 Å². The van der Waals surface area contributed by atoms with Gasteiger partial charge in [-0.25, -0.2) is 14.8 Å². The number of pyridine rings is 1. The molecule has 6 nitrogen and oxygen atoms in total. The predicted molar refractivity (Wildman–Crippen MR) is 114 cm³/mol. The van der Waals surface area contributed by atoms with Gasteiger partial charge in [-0.05, 0) is 43.6 Å². The highest BCUT2D eigenvalue weighted by Gasteiger charge is 2.39. The number of thiazole rings is 1. The minimum absolute atomic E-state index is 0.118. The molecule has 3 aromatic rings. The van der Waals surface area contributed by atoms with Crippen molar-refractivity contribution < 1.29 is 9.53 Å². The topological polar surface area (TPSA) is 81.3 Å². The SMILES string of the molecule is COC(=O)c1cccc(CN2CCC(c3ccccc3)(c3csc(N)n3)CC2)n1. The van der Waals surface area contributed by atoms with E-state index in [0.717, 1.165) is 37.3 Å². The molecule has 0 aliphatic carbocycles. The number of aromatic nitrogens is 2. The number of hydrogen-bond acceptors (Lipinski definition) is 7. The summed E-state index contributed by atoms with van der Waals surface area (Å²) in [4.78, 5) is 23.2. The average Bonchev–Trinajstić information content (AvgIpc) is 3.21. The summed E-state index contributed by atoms with van der Waals surface area (Å²) in [5, 5.41) is 2.71. The molecule has 3 heterocycles. The lowest BCUT2D eigenvalue weighted by molar-refractivity contribution is 0.0593. The van der Waals surface area contributed by atoms with Crippen LogP contribution in [0.5, 0.6) is 0 Å². The zero-order valence-corrected chi connectivity index (χ0v) is 17.2. The molecule has 4 rings (SSSR count). The minimum Gasteiger partial charge on any atom is -0.464 e. The second-order valence-corrected chi connectivity index (χ2v) is 8.19. The molecule has 0 amide bonds. The molecule has 0 saturated carbocycles. The quantitative estimate of drug-likeness (QED) is 0.651. The third-order valence-corrected chi connectivity index (χ3v) is 6.31. The first-order valence-electron chi connectivity index (χ1n) is 9.64. The Morgan fingerprint density at radius 1 is 1.14 bits per heavy atom. The van der Waals surface area contributed by atoms with Crippen LogP contribution in [-0.2, 0) is 16.7 Å². The third kappa shape index (κ3) is 4.02. The number of piperidine rings is 1. The molecule has 2 aromatic heterocycles. The van der Waals surface area contributed by atoms with Crippen LogP contribution >= 0.6 is 11.3 Å². The van der Waals surface area contributed by atoms with Crippen molar-refractivity contribution in [1.29, 1.82) is 0 Å². The van der Waals surface area contributed by atoms with Crippen LogP contribution in [0.15, 0.2) is 53.9 Å². The zero-order valence-electron chi connectivity index (χ0n) is 16.4. The fourth-order valence-corrected chi connectivity index (χ4v) is 4.73. The molecule has 1 saturated heterocycles. The number of nitrogen functional groups attached to an aromatic ring is 1. The number of rotatable bonds is 5. The van der Waals surface area contributed by atoms with E-state index in [4.69, 9.17) is 10.5 Å². The molecule has 29 heavy (non-hydrogen) atoms. The van der Waals surface area contributed by atoms with Crippen LogP contribution in [0, 0.1) is 0 Å². The monoisotopic (exact) mass is 408 g/mol. The first-order chi connectivity index (χ1) is 14.1. The number of methoxy groups -OCH3 is 1. The van der Waals surface area contributed by atoms with Gasteiger partial charge < -0.3 is 10.5 Å². The van der Waals surface area contributed by atoms with Crippen molar-refractivity contribution >= 4 is 22.4 Å². The van der Waals surface area contributed by atoms with Gasteiger partial charge in [-0.3, -0.25) is 4.90 Å². The van der Waals surface area contributed by atoms with Crippen molar-refractivity contribution in [2.24, 2.45) is 0 Å². The number of nitrogens with zero attached hydrogens (tertiary/aromatic N) is 3. The van der Waals surface area contributed by atoms with Gasteiger partial charge in [0.05, 0.1) is 18.5 Å². The van der Waals surface area contributed by atoms with E-state index in [1.54, 1.807) is 6.07 Å². The minimum atomic E-state index is -0.408. The van der Waals surface area contributed by atoms with E-state index in [9.17, 15) is 4.79 Å². The average molecular weight is 409 g/mol. The van der Waals surface area contributed by atoms with Crippen LogP contribution < -0.4 is 5.73 Å². The number of carbonyl (C=O) groups is 1. The molecule has 1 fully saturated rings. The third-order valence-electron chi connectivity index (χ3n) is 5.64. The number of hydrogen-bond donors (Lipinski definition) is 1. The lowest BCUT2D eigenvalue weighted by Crippen LogP contribution is -2.43. The molecule has 0 atom stereocenters. The van der Waals surface area contributed by atoms with E-state index < -0.39 is 5.97 Å². The Balaban J connectivity index is 1.53. The van der Waals surface area contributed by atoms with Gasteiger partial charge >= 0.3 is 5.97 Å². The first kappa shape index (κ1) is 19.5. The highest BCUT2D eigenvalue weighted by atomic mass is 32.1. The molecule has 0 bridgehead atoms. The van der Waals surface area contributed by atoms with E-state index in [0.29, 0.717) is 17.4 Å². The maximum absolute atomic E-state index is 11.7. The predicted octanol–water partition coefficient (Wildman–Crippen LogP) is 3.49. The standard InChI is InChI=1S/C22H24N4O2S/c1-28-20(27)18-9-5-8-17(24-18)14-26-12-10-22(11-13-26,16-6-3-2-4-7-16)19-15-29-21(23)25-19/h2-9,15H,10-14H2,1H3,(H2,23,25). The van der Waals surface area contributed by atoms with Crippen molar-refractivity contribution in [2.75, 3.05) is 25.9 Å². The van der Waals surface area contributed by atoms with Gasteiger partial charge in [0.15, 0.2) is 5.13 Å². The van der Waals surface area contributed by atoms with Crippen molar-refractivity contribution in [3.05, 3.63) is 76.6 Å². The van der Waals surface area contributed by atoms with Crippen LogP contribution in [-0.4, -0.2) is 41.0 Å². The molecule has 0 radical (unpaired) electrons. The Kier molecular flexibility index (Phi) is 5.60. The second-order valence-electron chi connectivity index (χ2n) is 7.30. The number of esters is 1. The Bertz CT molecular complexity index is 981. The first-order valence-corrected chi connectivity index (χ1v) is 10.5. The van der Waals surface area contributed by atoms with E-state index in [-0.39, 0.29) is 5.41 Å². The molecule has 150 valence electrons. The van der Waals surface area contributed by atoms with Crippen LogP contribution in [0.1, 0.15) is 40.3 Å². The summed E-state index contributed by atoms with van der Waals surface area (Å²) in [5.74, 6) is -0.408. The molecule has 0 unspecified atom stereocenters. The van der Waals surface area contributed by atoms with Crippen LogP contribution in [0.2, 0.25) is 0 Å². The maximum atomic E-state index is 11.7. The van der Waals surface area contributed by atoms with Crippen molar-refractivity contribution in [3.8, 4) is 0 Å². The van der Waals surface area contributed by atoms with Crippen LogP contribution in [0.25, 0.3) is 0 Å². The summed E-state index contributed by atoms with van der Waals surface area (Å²) >= 11 is 1.50. The molecule has 7 heteroatoms. The van der Waals surface area contributed by atoms with Gasteiger partial charge in [0.25, 0.3) is 0 Å². The molecule has 1 aromatic carbocycles. The van der Waals surface area contributed by atoms with Gasteiger partial charge in [-0.15, -0.1) is 11.3 Å². The lowest BCUT2D eigenvalue weighted by Gasteiger charge is -2.41. The molecular formula is C22H24N4O2S. The fourth-order valence-electron chi connectivity index (χ4n) is 4.07. The maximum Gasteiger partial charge on any atom is 0.356 e. The Labute approximate surface area is 174 Å². The van der Waals surface area contributed by atoms with Crippen molar-refractivity contribution in [2.45, 2.75) is 24.8 Å². The summed E-state index contributed by atoms with van der Waals surface area (Å²) < 4.78 is 4.78. The van der Waals surface area contributed by atoms with Crippen LogP contribution in [0.4, 0.5) is 5.13 Å². The fraction of sp³-hybridized carbons (Fsp3) is 0.318. The van der Waals surface area contributed by atoms with E-state index in [1.165, 1.54) is 24.0 Å². The molecule has 0 spiro atoms. The van der Waals surface area contributed by atoms with Gasteiger partial charge in [0, 0.05) is 17.3 Å². The Morgan fingerprint density at radius 3 is 2.55 bits per heavy atom. The van der Waals surface area contributed by atoms with E-state index in [1.807, 2.05) is 18.2 Å². The molecular weight excluding hydrogens is 384 g/mol. The highest BCUT2D eigenvalue weighted by Crippen LogP contribution is 2.42. The lowest BCUT2D eigenvalue weighted by atomic mass is 9.70. The van der Waals surface area contributed by atoms with E-state index in [2.05, 4.69) is 44.5 Å². The van der Waals surface area contributed by atoms with E-state index >= 15 is 0 Å². The summed E-state index contributed by atoms with van der Waals surface area (Å²) in [6.45, 7) is 2.53. The number of benzene rings is 1. The second kappa shape index (κ2) is 8.31. The molecule has 1 aliphatic heterocycles. The largest absolute Gasteiger partial charge is 0.464 e. The molecule has 2 N–H and O–H groups in total. The highest BCUT2D eigenvalue weighted by molar-refractivity contribution is 7.13. The summed E-state index contributed by atoms with van der Waals surface area (Å²) in [5.41, 5.74) is 9.41. The number of anilines is 1. The number of likely N-dealkylation sites (tertiary alicyclic amines) is 1. The van der Waals surface area contributed by atoms with Gasteiger partial charge in [0.1, 0.15) is 5.69 Å². The number of nitrogens with two attached hydrogens (primary N) is 1. The Morgan fingerprint density at radius 2 is 1.90 bits per heavy atom. The van der Waals surface area contributed by atoms with Gasteiger partial charge in [-0.2, -0.15) is 0 Å². The molecule has 1 aliphatic rings. The normalized spacial score (nSPS) is 16.4. The summed E-state index contributed by atoms with van der Waals surface area (Å²) in [6.07, 6.45) is 1.91. The zero-order chi connectivity index (χ0) is 20.3. The number of ether oxygens (including phenoxy) is 1. The summed E-state index contributed by atoms with van der Waals surface area (Å²) in [7, 11) is 1.37. The smallest absolute Gasteiger partial charge is 0.356 e. The van der Waals surface area contributed by atoms with Crippen LogP contribution in [0.3, 0.4) is 0 Å². The van der Waals surface area contributed by atoms with Crippen molar-refractivity contribution in [3.63, 3.8) is 0 Å². The number of carbonyl (C=O) groups excluding carboxylic acids is 1. The van der Waals surface area contributed by atoms with Gasteiger partial charge in [-0.1, -0.05) is 36.4 Å².